The summed E-state index contributed by atoms with van der Waals surface area (Å²) in [5.41, 5.74) is 24.7. The highest BCUT2D eigenvalue weighted by atomic mass is 15.1. The highest BCUT2D eigenvalue weighted by Gasteiger charge is 2.24. The average Bonchev–Trinajstić information content (AvgIpc) is 1.45. The predicted octanol–water partition coefficient (Wildman–Crippen LogP) is 30.1. The predicted molar refractivity (Wildman–Crippen MR) is 566 cm³/mol. The summed E-state index contributed by atoms with van der Waals surface area (Å²) in [5, 5.41) is 16.5. The molecule has 0 aliphatic rings. The first-order valence-electron chi connectivity index (χ1n) is 46.4. The van der Waals surface area contributed by atoms with Crippen molar-refractivity contribution in [3.8, 4) is 136 Å². The fourth-order valence-electron chi connectivity index (χ4n) is 19.7. The van der Waals surface area contributed by atoms with Crippen LogP contribution in [0.3, 0.4) is 0 Å². The number of imidazole rings is 3. The van der Waals surface area contributed by atoms with Crippen LogP contribution in [0.2, 0.25) is 0 Å². The Morgan fingerprint density at radius 3 is 0.719 bits per heavy atom. The highest BCUT2D eigenvalue weighted by molar-refractivity contribution is 6.27. The van der Waals surface area contributed by atoms with Gasteiger partial charge in [-0.3, -0.25) is 13.2 Å². The molecule has 15 heteroatoms. The molecule has 0 amide bonds. The third kappa shape index (κ3) is 14.6. The fraction of sp³-hybridized carbons (Fsp3) is 0. The van der Waals surface area contributed by atoms with Gasteiger partial charge in [0, 0.05) is 101 Å². The molecule has 0 atom stereocenters. The second kappa shape index (κ2) is 34.2. The van der Waals surface area contributed by atoms with Crippen LogP contribution in [0.15, 0.2) is 468 Å². The van der Waals surface area contributed by atoms with Gasteiger partial charge in [0.25, 0.3) is 0 Å². The van der Waals surface area contributed by atoms with Gasteiger partial charge in [0.05, 0.1) is 33.1 Å². The molecule has 0 saturated heterocycles. The molecule has 0 N–H and O–H groups in total. The topological polar surface area (TPSA) is 168 Å². The first-order valence-corrected chi connectivity index (χ1v) is 46.4. The van der Waals surface area contributed by atoms with Crippen molar-refractivity contribution in [2.45, 2.75) is 0 Å². The lowest BCUT2D eigenvalue weighted by molar-refractivity contribution is 1.07. The number of nitrogens with zero attached hydrogens (tertiary/aromatic N) is 15. The number of aromatic nitrogens is 15. The summed E-state index contributed by atoms with van der Waals surface area (Å²) in [6, 6.07) is 155. The number of hydrogen-bond acceptors (Lipinski definition) is 12. The molecular weight excluding hydrogens is 1700 g/mol. The number of pyridine rings is 3. The molecule has 0 aliphatic heterocycles. The molecular formula is C124H77N15. The van der Waals surface area contributed by atoms with Gasteiger partial charge in [0.15, 0.2) is 52.4 Å². The largest absolute Gasteiger partial charge is 0.299 e. The Morgan fingerprint density at radius 1 is 0.122 bits per heavy atom. The molecule has 0 radical (unpaired) electrons. The smallest absolute Gasteiger partial charge is 0.164 e. The zero-order chi connectivity index (χ0) is 91.8. The van der Waals surface area contributed by atoms with Crippen molar-refractivity contribution in [2.75, 3.05) is 0 Å². The molecule has 28 rings (SSSR count). The van der Waals surface area contributed by atoms with Crippen molar-refractivity contribution in [2.24, 2.45) is 0 Å². The van der Waals surface area contributed by atoms with Crippen LogP contribution in [0.25, 0.3) is 261 Å². The zero-order valence-corrected chi connectivity index (χ0v) is 74.7. The lowest BCUT2D eigenvalue weighted by atomic mass is 9.92. The van der Waals surface area contributed by atoms with E-state index in [4.69, 9.17) is 59.8 Å². The van der Waals surface area contributed by atoms with Crippen LogP contribution in [0.1, 0.15) is 0 Å². The Balaban J connectivity index is 0.000000108. The van der Waals surface area contributed by atoms with Gasteiger partial charge in [-0.2, -0.15) is 0 Å². The van der Waals surface area contributed by atoms with Crippen LogP contribution in [0.4, 0.5) is 0 Å². The molecule has 139 heavy (non-hydrogen) atoms. The molecule has 9 heterocycles. The van der Waals surface area contributed by atoms with E-state index in [1.165, 1.54) is 48.5 Å². The van der Waals surface area contributed by atoms with E-state index in [0.717, 1.165) is 160 Å². The van der Waals surface area contributed by atoms with E-state index >= 15 is 0 Å². The van der Waals surface area contributed by atoms with Crippen molar-refractivity contribution in [3.05, 3.63) is 468 Å². The second-order valence-corrected chi connectivity index (χ2v) is 34.6. The van der Waals surface area contributed by atoms with Gasteiger partial charge in [0.2, 0.25) is 0 Å². The van der Waals surface area contributed by atoms with E-state index in [2.05, 4.69) is 281 Å². The van der Waals surface area contributed by atoms with E-state index in [1.54, 1.807) is 0 Å². The van der Waals surface area contributed by atoms with E-state index < -0.39 is 0 Å². The summed E-state index contributed by atoms with van der Waals surface area (Å²) in [6.07, 6.45) is 6.30. The van der Waals surface area contributed by atoms with Gasteiger partial charge in [-0.25, -0.2) is 59.8 Å². The van der Waals surface area contributed by atoms with E-state index in [-0.39, 0.29) is 0 Å². The Kier molecular flexibility index (Phi) is 19.8. The lowest BCUT2D eigenvalue weighted by Crippen LogP contribution is -2.00. The molecule has 0 fully saturated rings. The SMILES string of the molecule is c1ccc(-c2nc(-c3ccccc3)nc(-c3ccc(-c4ccc5c(c4)c4ccccc4c4nc6ccccn6c54)c4ccccc34)n2)cc1.c1ccc(-c2nc(-c3ccccc3)nc(-c3ccc(-c4ccc5c(c4)c4ccccc4c4nc6ccccn6c54)cc3)n2)cc1.c1ccc(-c2nc(-c3ccccc3)nc(-c3cccc(-c4ccc5c(c4)c4ccccc4c4nc6ccccn6c54)c3)n2)cc1. The Labute approximate surface area is 796 Å². The maximum atomic E-state index is 5.05. The molecule has 19 aromatic carbocycles. The maximum absolute atomic E-state index is 5.05. The molecule has 9 aromatic heterocycles. The first-order chi connectivity index (χ1) is 68.9. The third-order valence-corrected chi connectivity index (χ3v) is 26.3. The standard InChI is InChI=1S/C44H27N5.2C40H25N5/c1-3-13-28(14-4-1)42-46-43(29-15-5-2-6-16-29)48-44(47-42)37-25-24-31(32-17-7-8-18-33(32)37)30-22-23-36-38(27-30)34-19-9-10-20-35(34)40-41(36)49-26-12-11-21-39(49)45-40;1-3-12-26(13-4-1)38-42-39(27-14-5-2-6-15-27)44-40(43-38)30-17-11-16-28(24-30)29-21-22-33-34(25-29)31-18-7-8-19-32(31)36-37(33)45-23-10-9-20-35(45)41-36;1-3-11-27(12-4-1)38-42-39(28-13-5-2-6-14-28)44-40(43-38)29-20-18-26(19-21-29)30-22-23-33-34(25-30)31-15-7-8-16-32(31)36-37(33)45-24-10-9-17-35(45)41-36/h1-27H;2*1-25H. The summed E-state index contributed by atoms with van der Waals surface area (Å²) < 4.78 is 6.59. The van der Waals surface area contributed by atoms with Crippen LogP contribution >= 0.6 is 0 Å². The van der Waals surface area contributed by atoms with Gasteiger partial charge in [-0.1, -0.05) is 382 Å². The van der Waals surface area contributed by atoms with Gasteiger partial charge in [0.1, 0.15) is 16.9 Å². The Morgan fingerprint density at radius 2 is 0.360 bits per heavy atom. The minimum atomic E-state index is 0.642. The molecule has 0 aliphatic carbocycles. The van der Waals surface area contributed by atoms with Crippen LogP contribution < -0.4 is 0 Å². The van der Waals surface area contributed by atoms with E-state index in [9.17, 15) is 0 Å². The molecule has 15 nitrogen and oxygen atoms in total. The summed E-state index contributed by atoms with van der Waals surface area (Å²) >= 11 is 0. The molecule has 0 unspecified atom stereocenters. The minimum absolute atomic E-state index is 0.642. The summed E-state index contributed by atoms with van der Waals surface area (Å²) in [6.45, 7) is 0. The number of benzene rings is 19. The normalized spacial score (nSPS) is 11.6. The van der Waals surface area contributed by atoms with Gasteiger partial charge in [-0.15, -0.1) is 0 Å². The van der Waals surface area contributed by atoms with Gasteiger partial charge in [-0.05, 0) is 143 Å². The van der Waals surface area contributed by atoms with Crippen LogP contribution in [-0.2, 0) is 0 Å². The van der Waals surface area contributed by atoms with Crippen molar-refractivity contribution in [3.63, 3.8) is 0 Å². The molecule has 28 aromatic rings. The zero-order valence-electron chi connectivity index (χ0n) is 74.7. The molecule has 0 bridgehead atoms. The van der Waals surface area contributed by atoms with Gasteiger partial charge >= 0.3 is 0 Å². The maximum Gasteiger partial charge on any atom is 0.164 e. The van der Waals surface area contributed by atoms with Gasteiger partial charge < -0.3 is 0 Å². The number of fused-ring (bicyclic) bond motifs is 25. The lowest BCUT2D eigenvalue weighted by Gasteiger charge is -2.14. The van der Waals surface area contributed by atoms with Crippen LogP contribution in [0, 0.1) is 0 Å². The van der Waals surface area contributed by atoms with Crippen LogP contribution in [-0.4, -0.2) is 73.0 Å². The van der Waals surface area contributed by atoms with Crippen molar-refractivity contribution < 1.29 is 0 Å². The number of hydrogen-bond donors (Lipinski definition) is 0. The number of rotatable bonds is 12. The Hall–Kier alpha value is -19.1. The van der Waals surface area contributed by atoms with Crippen molar-refractivity contribution in [1.29, 1.82) is 0 Å². The fourth-order valence-corrected chi connectivity index (χ4v) is 19.7. The van der Waals surface area contributed by atoms with Crippen LogP contribution in [0.5, 0.6) is 0 Å². The molecule has 648 valence electrons. The monoisotopic (exact) mass is 1780 g/mol. The van der Waals surface area contributed by atoms with E-state index in [1.807, 2.05) is 200 Å². The average molecular weight is 1780 g/mol. The molecule has 0 saturated carbocycles. The first kappa shape index (κ1) is 80.7. The molecule has 0 spiro atoms. The summed E-state index contributed by atoms with van der Waals surface area (Å²) in [7, 11) is 0. The second-order valence-electron chi connectivity index (χ2n) is 34.6. The Bertz CT molecular complexity index is 9530. The van der Waals surface area contributed by atoms with Crippen molar-refractivity contribution in [1.82, 2.24) is 73.0 Å². The summed E-state index contributed by atoms with van der Waals surface area (Å²) in [5.74, 6) is 5.85. The highest BCUT2D eigenvalue weighted by Crippen LogP contribution is 2.45. The quantitative estimate of drug-likeness (QED) is 0.106. The third-order valence-electron chi connectivity index (χ3n) is 26.3. The minimum Gasteiger partial charge on any atom is -0.299 e. The summed E-state index contributed by atoms with van der Waals surface area (Å²) in [4.78, 5) is 59.5. The van der Waals surface area contributed by atoms with E-state index in [0.29, 0.717) is 52.4 Å². The van der Waals surface area contributed by atoms with Crippen molar-refractivity contribution >= 4 is 125 Å².